The lowest BCUT2D eigenvalue weighted by Gasteiger charge is -2.39. The summed E-state index contributed by atoms with van der Waals surface area (Å²) >= 11 is 0. The van der Waals surface area contributed by atoms with E-state index >= 15 is 0 Å². The fourth-order valence-corrected chi connectivity index (χ4v) is 2.48. The molecule has 102 valence electrons. The lowest BCUT2D eigenvalue weighted by Crippen LogP contribution is -2.47. The van der Waals surface area contributed by atoms with Gasteiger partial charge < -0.3 is 0 Å². The van der Waals surface area contributed by atoms with Crippen LogP contribution in [0.3, 0.4) is 0 Å². The minimum atomic E-state index is -0.248. The van der Waals surface area contributed by atoms with Gasteiger partial charge in [-0.15, -0.1) is 0 Å². The third kappa shape index (κ3) is 2.43. The van der Waals surface area contributed by atoms with Gasteiger partial charge in [-0.25, -0.2) is 4.39 Å². The fraction of sp³-hybridized carbons (Fsp3) is 0.333. The van der Waals surface area contributed by atoms with Crippen LogP contribution < -0.4 is 0 Å². The molecule has 2 aromatic rings. The molecule has 0 spiro atoms. The number of nitrogens with zero attached hydrogens (tertiary/aromatic N) is 4. The molecule has 1 aromatic carbocycles. The maximum Gasteiger partial charge on any atom is 0.127 e. The summed E-state index contributed by atoms with van der Waals surface area (Å²) in [6.45, 7) is 4.27. The first kappa shape index (κ1) is 12.8. The van der Waals surface area contributed by atoms with E-state index in [-0.39, 0.29) is 5.82 Å². The Bertz CT molecular complexity index is 665. The normalized spacial score (nSPS) is 15.8. The second-order valence-corrected chi connectivity index (χ2v) is 5.26. The van der Waals surface area contributed by atoms with Crippen molar-refractivity contribution < 1.29 is 4.39 Å². The molecule has 1 aromatic heterocycles. The predicted octanol–water partition coefficient (Wildman–Crippen LogP) is 2.26. The van der Waals surface area contributed by atoms with Gasteiger partial charge in [-0.1, -0.05) is 0 Å². The van der Waals surface area contributed by atoms with Gasteiger partial charge >= 0.3 is 0 Å². The van der Waals surface area contributed by atoms with E-state index in [9.17, 15) is 4.39 Å². The van der Waals surface area contributed by atoms with Crippen LogP contribution in [0.1, 0.15) is 22.7 Å². The Hall–Kier alpha value is -2.19. The highest BCUT2D eigenvalue weighted by Gasteiger charge is 2.29. The highest BCUT2D eigenvalue weighted by atomic mass is 19.1. The van der Waals surface area contributed by atoms with Crippen molar-refractivity contribution in [3.63, 3.8) is 0 Å². The molecule has 0 saturated carbocycles. The Morgan fingerprint density at radius 1 is 1.45 bits per heavy atom. The first-order chi connectivity index (χ1) is 9.65. The van der Waals surface area contributed by atoms with Crippen molar-refractivity contribution in [2.45, 2.75) is 19.5 Å². The SMILES string of the molecule is Cc1cnn(C2CN(Cc3cc(C#N)ccc3F)C2)c1. The largest absolute Gasteiger partial charge is 0.295 e. The molecule has 0 amide bonds. The quantitative estimate of drug-likeness (QED) is 0.859. The molecule has 1 fully saturated rings. The Balaban J connectivity index is 1.63. The van der Waals surface area contributed by atoms with Gasteiger partial charge in [0.2, 0.25) is 0 Å². The molecule has 1 aliphatic heterocycles. The number of aryl methyl sites for hydroxylation is 1. The zero-order chi connectivity index (χ0) is 14.1. The van der Waals surface area contributed by atoms with Gasteiger partial charge in [0.1, 0.15) is 5.82 Å². The van der Waals surface area contributed by atoms with E-state index in [1.165, 1.54) is 12.1 Å². The Kier molecular flexibility index (Phi) is 3.25. The molecule has 1 saturated heterocycles. The van der Waals surface area contributed by atoms with Gasteiger partial charge in [-0.05, 0) is 30.7 Å². The maximum atomic E-state index is 13.7. The molecule has 0 N–H and O–H groups in total. The van der Waals surface area contributed by atoms with E-state index in [2.05, 4.69) is 10.00 Å². The van der Waals surface area contributed by atoms with E-state index in [0.717, 1.165) is 18.7 Å². The third-order valence-electron chi connectivity index (χ3n) is 3.61. The zero-order valence-electron chi connectivity index (χ0n) is 11.3. The molecule has 4 nitrogen and oxygen atoms in total. The summed E-state index contributed by atoms with van der Waals surface area (Å²) in [4.78, 5) is 2.15. The van der Waals surface area contributed by atoms with Crippen LogP contribution in [0.4, 0.5) is 4.39 Å². The van der Waals surface area contributed by atoms with Crippen molar-refractivity contribution in [1.82, 2.24) is 14.7 Å². The van der Waals surface area contributed by atoms with E-state index in [1.807, 2.05) is 30.1 Å². The number of nitriles is 1. The molecule has 0 aliphatic carbocycles. The third-order valence-corrected chi connectivity index (χ3v) is 3.61. The van der Waals surface area contributed by atoms with Gasteiger partial charge in [-0.3, -0.25) is 9.58 Å². The first-order valence-electron chi connectivity index (χ1n) is 6.57. The van der Waals surface area contributed by atoms with Gasteiger partial charge in [0.05, 0.1) is 23.9 Å². The van der Waals surface area contributed by atoms with Crippen molar-refractivity contribution in [2.24, 2.45) is 0 Å². The lowest BCUT2D eigenvalue weighted by atomic mass is 10.1. The predicted molar refractivity (Wildman–Crippen MR) is 72.4 cm³/mol. The second-order valence-electron chi connectivity index (χ2n) is 5.26. The van der Waals surface area contributed by atoms with Crippen molar-refractivity contribution in [3.05, 3.63) is 53.1 Å². The van der Waals surface area contributed by atoms with Crippen molar-refractivity contribution >= 4 is 0 Å². The smallest absolute Gasteiger partial charge is 0.127 e. The summed E-state index contributed by atoms with van der Waals surface area (Å²) in [5.74, 6) is -0.248. The van der Waals surface area contributed by atoms with Crippen LogP contribution in [0.2, 0.25) is 0 Å². The summed E-state index contributed by atoms with van der Waals surface area (Å²) in [6, 6.07) is 6.90. The van der Waals surface area contributed by atoms with Crippen molar-refractivity contribution in [1.29, 1.82) is 5.26 Å². The highest BCUT2D eigenvalue weighted by Crippen LogP contribution is 2.24. The van der Waals surface area contributed by atoms with Gasteiger partial charge in [-0.2, -0.15) is 10.4 Å². The molecular formula is C15H15FN4. The number of rotatable bonds is 3. The fourth-order valence-electron chi connectivity index (χ4n) is 2.48. The van der Waals surface area contributed by atoms with Crippen molar-refractivity contribution in [2.75, 3.05) is 13.1 Å². The molecule has 0 atom stereocenters. The van der Waals surface area contributed by atoms with Crippen LogP contribution in [0.15, 0.2) is 30.6 Å². The average Bonchev–Trinajstić information content (AvgIpc) is 2.81. The monoisotopic (exact) mass is 270 g/mol. The molecular weight excluding hydrogens is 255 g/mol. The second kappa shape index (κ2) is 5.06. The number of halogens is 1. The Morgan fingerprint density at radius 2 is 2.25 bits per heavy atom. The van der Waals surface area contributed by atoms with E-state index in [0.29, 0.717) is 23.7 Å². The van der Waals surface area contributed by atoms with Crippen LogP contribution >= 0.6 is 0 Å². The molecule has 2 heterocycles. The van der Waals surface area contributed by atoms with Crippen LogP contribution in [0.25, 0.3) is 0 Å². The maximum absolute atomic E-state index is 13.7. The number of benzene rings is 1. The minimum absolute atomic E-state index is 0.248. The molecule has 0 bridgehead atoms. The summed E-state index contributed by atoms with van der Waals surface area (Å²) in [5.41, 5.74) is 2.23. The van der Waals surface area contributed by atoms with E-state index in [4.69, 9.17) is 5.26 Å². The topological polar surface area (TPSA) is 44.9 Å². The summed E-state index contributed by atoms with van der Waals surface area (Å²) in [6.07, 6.45) is 3.87. The number of hydrogen-bond donors (Lipinski definition) is 0. The zero-order valence-corrected chi connectivity index (χ0v) is 11.3. The van der Waals surface area contributed by atoms with Gasteiger partial charge in [0, 0.05) is 31.4 Å². The molecule has 3 rings (SSSR count). The summed E-state index contributed by atoms with van der Waals surface area (Å²) in [7, 11) is 0. The Labute approximate surface area is 117 Å². The standard InChI is InChI=1S/C15H15FN4/c1-11-6-18-20(7-11)14-9-19(10-14)8-13-4-12(5-17)2-3-15(13)16/h2-4,6-7,14H,8-10H2,1H3. The highest BCUT2D eigenvalue weighted by molar-refractivity contribution is 5.33. The first-order valence-corrected chi connectivity index (χ1v) is 6.57. The summed E-state index contributed by atoms with van der Waals surface area (Å²) in [5, 5.41) is 13.2. The van der Waals surface area contributed by atoms with Crippen LogP contribution in [-0.2, 0) is 6.54 Å². The van der Waals surface area contributed by atoms with Gasteiger partial charge in [0.25, 0.3) is 0 Å². The summed E-state index contributed by atoms with van der Waals surface area (Å²) < 4.78 is 15.7. The van der Waals surface area contributed by atoms with E-state index < -0.39 is 0 Å². The molecule has 1 aliphatic rings. The Morgan fingerprint density at radius 3 is 2.90 bits per heavy atom. The number of likely N-dealkylation sites (tertiary alicyclic amines) is 1. The number of hydrogen-bond acceptors (Lipinski definition) is 3. The van der Waals surface area contributed by atoms with Crippen molar-refractivity contribution in [3.8, 4) is 6.07 Å². The van der Waals surface area contributed by atoms with Crippen LogP contribution in [-0.4, -0.2) is 27.8 Å². The molecule has 5 heteroatoms. The molecule has 20 heavy (non-hydrogen) atoms. The minimum Gasteiger partial charge on any atom is -0.295 e. The molecule has 0 radical (unpaired) electrons. The van der Waals surface area contributed by atoms with Gasteiger partial charge in [0.15, 0.2) is 0 Å². The van der Waals surface area contributed by atoms with E-state index in [1.54, 1.807) is 6.07 Å². The lowest BCUT2D eigenvalue weighted by molar-refractivity contribution is 0.0896. The van der Waals surface area contributed by atoms with Crippen LogP contribution in [0.5, 0.6) is 0 Å². The molecule has 0 unspecified atom stereocenters. The average molecular weight is 270 g/mol. The number of aromatic nitrogens is 2. The van der Waals surface area contributed by atoms with Crippen LogP contribution in [0, 0.1) is 24.1 Å².